The van der Waals surface area contributed by atoms with Crippen LogP contribution < -0.4 is 14.4 Å². The van der Waals surface area contributed by atoms with Gasteiger partial charge in [0, 0.05) is 67.0 Å². The Hall–Kier alpha value is -3.25. The van der Waals surface area contributed by atoms with E-state index < -0.39 is 0 Å². The Balaban J connectivity index is 1.10. The second-order valence-corrected chi connectivity index (χ2v) is 9.91. The Morgan fingerprint density at radius 1 is 0.886 bits per heavy atom. The maximum atomic E-state index is 5.58. The minimum Gasteiger partial charge on any atom is -0.497 e. The Labute approximate surface area is 206 Å². The lowest BCUT2D eigenvalue weighted by atomic mass is 9.81. The van der Waals surface area contributed by atoms with Crippen LogP contribution in [-0.4, -0.2) is 61.3 Å². The van der Waals surface area contributed by atoms with Gasteiger partial charge in [-0.2, -0.15) is 0 Å². The molecule has 2 aromatic carbocycles. The van der Waals surface area contributed by atoms with Gasteiger partial charge in [0.1, 0.15) is 11.5 Å². The summed E-state index contributed by atoms with van der Waals surface area (Å²) in [6.07, 6.45) is 9.14. The van der Waals surface area contributed by atoms with Crippen LogP contribution in [0.3, 0.4) is 0 Å². The van der Waals surface area contributed by atoms with Crippen LogP contribution in [0.4, 0.5) is 5.69 Å². The van der Waals surface area contributed by atoms with Crippen LogP contribution in [-0.2, 0) is 0 Å². The number of ether oxygens (including phenoxy) is 2. The fourth-order valence-corrected chi connectivity index (χ4v) is 6.17. The molecule has 6 rings (SSSR count). The number of pyridine rings is 1. The molecule has 1 aliphatic carbocycles. The number of hydrogen-bond donors (Lipinski definition) is 1. The molecule has 1 saturated carbocycles. The highest BCUT2D eigenvalue weighted by Crippen LogP contribution is 2.39. The van der Waals surface area contributed by atoms with Crippen molar-refractivity contribution < 1.29 is 9.47 Å². The van der Waals surface area contributed by atoms with Crippen LogP contribution in [0, 0.1) is 0 Å². The minimum atomic E-state index is 0.627. The van der Waals surface area contributed by atoms with Crippen molar-refractivity contribution in [2.24, 2.45) is 0 Å². The molecule has 0 spiro atoms. The summed E-state index contributed by atoms with van der Waals surface area (Å²) in [7, 11) is 3.48. The molecular formula is C29H34N4O2. The van der Waals surface area contributed by atoms with E-state index >= 15 is 0 Å². The summed E-state index contributed by atoms with van der Waals surface area (Å²) in [4.78, 5) is 13.4. The Morgan fingerprint density at radius 3 is 2.46 bits per heavy atom. The van der Waals surface area contributed by atoms with Crippen LogP contribution in [0.1, 0.15) is 37.2 Å². The van der Waals surface area contributed by atoms with E-state index in [0.717, 1.165) is 48.6 Å². The van der Waals surface area contributed by atoms with Crippen LogP contribution in [0.5, 0.6) is 11.5 Å². The molecule has 0 bridgehead atoms. The first kappa shape index (κ1) is 22.2. The van der Waals surface area contributed by atoms with E-state index in [0.29, 0.717) is 12.0 Å². The number of piperazine rings is 1. The number of nitrogens with one attached hydrogen (secondary N) is 1. The summed E-state index contributed by atoms with van der Waals surface area (Å²) in [6, 6.07) is 15.4. The van der Waals surface area contributed by atoms with Crippen molar-refractivity contribution in [3.05, 3.63) is 60.4 Å². The summed E-state index contributed by atoms with van der Waals surface area (Å²) in [5.74, 6) is 2.46. The molecule has 4 aromatic rings. The van der Waals surface area contributed by atoms with Crippen molar-refractivity contribution in [2.45, 2.75) is 37.6 Å². The predicted molar refractivity (Wildman–Crippen MR) is 142 cm³/mol. The molecule has 2 fully saturated rings. The van der Waals surface area contributed by atoms with E-state index in [-0.39, 0.29) is 0 Å². The van der Waals surface area contributed by atoms with Gasteiger partial charge in [0.2, 0.25) is 0 Å². The minimum absolute atomic E-state index is 0.627. The van der Waals surface area contributed by atoms with Gasteiger partial charge in [-0.3, -0.25) is 9.88 Å². The van der Waals surface area contributed by atoms with Crippen molar-refractivity contribution in [2.75, 3.05) is 45.3 Å². The maximum absolute atomic E-state index is 5.58. The number of anilines is 1. The van der Waals surface area contributed by atoms with E-state index in [4.69, 9.17) is 9.47 Å². The summed E-state index contributed by atoms with van der Waals surface area (Å²) in [5, 5.41) is 2.46. The van der Waals surface area contributed by atoms with Gasteiger partial charge in [-0.25, -0.2) is 0 Å². The number of H-pyrrole nitrogens is 1. The molecule has 1 aliphatic heterocycles. The predicted octanol–water partition coefficient (Wildman–Crippen LogP) is 5.58. The highest BCUT2D eigenvalue weighted by atomic mass is 16.5. The third-order valence-corrected chi connectivity index (χ3v) is 8.12. The van der Waals surface area contributed by atoms with Gasteiger partial charge in [-0.05, 0) is 67.5 Å². The molecule has 0 atom stereocenters. The quantitative estimate of drug-likeness (QED) is 0.413. The van der Waals surface area contributed by atoms with Gasteiger partial charge in [0.05, 0.1) is 25.4 Å². The number of aromatic nitrogens is 2. The first-order valence-electron chi connectivity index (χ1n) is 12.8. The van der Waals surface area contributed by atoms with E-state index in [1.54, 1.807) is 14.2 Å². The third kappa shape index (κ3) is 4.20. The molecule has 2 aliphatic rings. The van der Waals surface area contributed by atoms with Crippen molar-refractivity contribution in [3.8, 4) is 11.5 Å². The van der Waals surface area contributed by atoms with E-state index in [9.17, 15) is 0 Å². The van der Waals surface area contributed by atoms with Crippen LogP contribution in [0.2, 0.25) is 0 Å². The van der Waals surface area contributed by atoms with Crippen LogP contribution in [0.25, 0.3) is 21.8 Å². The fourth-order valence-electron chi connectivity index (χ4n) is 6.17. The van der Waals surface area contributed by atoms with Gasteiger partial charge in [-0.1, -0.05) is 6.07 Å². The van der Waals surface area contributed by atoms with Gasteiger partial charge in [0.15, 0.2) is 0 Å². The monoisotopic (exact) mass is 470 g/mol. The van der Waals surface area contributed by atoms with Crippen molar-refractivity contribution in [1.82, 2.24) is 14.9 Å². The van der Waals surface area contributed by atoms with E-state index in [2.05, 4.69) is 56.3 Å². The molecule has 0 unspecified atom stereocenters. The lowest BCUT2D eigenvalue weighted by Gasteiger charge is -2.42. The standard InChI is InChI=1S/C29H34N4O2/c1-34-23-9-10-27-25(17-23)26(19-31-27)20-5-7-22(8-6-20)32-12-14-33(15-13-32)28-18-24(35-2)16-21-4-3-11-30-29(21)28/h3-4,9-11,16-20,22,31H,5-8,12-15H2,1-2H3. The molecule has 1 saturated heterocycles. The Kier molecular flexibility index (Phi) is 5.98. The van der Waals surface area contributed by atoms with Crippen molar-refractivity contribution in [3.63, 3.8) is 0 Å². The van der Waals surface area contributed by atoms with E-state index in [1.165, 1.54) is 47.8 Å². The Morgan fingerprint density at radius 2 is 1.69 bits per heavy atom. The number of hydrogen-bond acceptors (Lipinski definition) is 5. The number of fused-ring (bicyclic) bond motifs is 2. The summed E-state index contributed by atoms with van der Waals surface area (Å²) < 4.78 is 11.0. The lowest BCUT2D eigenvalue weighted by Crippen LogP contribution is -2.51. The normalized spacial score (nSPS) is 21.5. The first-order valence-corrected chi connectivity index (χ1v) is 12.8. The Bertz CT molecular complexity index is 1320. The molecule has 182 valence electrons. The lowest BCUT2D eigenvalue weighted by molar-refractivity contribution is 0.141. The number of benzene rings is 2. The largest absolute Gasteiger partial charge is 0.497 e. The first-order chi connectivity index (χ1) is 17.2. The number of aromatic amines is 1. The van der Waals surface area contributed by atoms with Crippen LogP contribution >= 0.6 is 0 Å². The zero-order chi connectivity index (χ0) is 23.8. The van der Waals surface area contributed by atoms with Crippen molar-refractivity contribution in [1.29, 1.82) is 0 Å². The highest BCUT2D eigenvalue weighted by molar-refractivity contribution is 5.92. The van der Waals surface area contributed by atoms with Gasteiger partial charge >= 0.3 is 0 Å². The average molecular weight is 471 g/mol. The third-order valence-electron chi connectivity index (χ3n) is 8.12. The summed E-state index contributed by atoms with van der Waals surface area (Å²) in [6.45, 7) is 4.26. The molecule has 1 N–H and O–H groups in total. The summed E-state index contributed by atoms with van der Waals surface area (Å²) >= 11 is 0. The second-order valence-electron chi connectivity index (χ2n) is 9.91. The molecule has 0 amide bonds. The molecule has 3 heterocycles. The zero-order valence-electron chi connectivity index (χ0n) is 20.7. The average Bonchev–Trinajstić information content (AvgIpc) is 3.36. The molecule has 0 radical (unpaired) electrons. The molecule has 35 heavy (non-hydrogen) atoms. The molecular weight excluding hydrogens is 436 g/mol. The fraction of sp³-hybridized carbons (Fsp3) is 0.414. The second kappa shape index (κ2) is 9.42. The number of rotatable bonds is 5. The van der Waals surface area contributed by atoms with Gasteiger partial charge in [-0.15, -0.1) is 0 Å². The van der Waals surface area contributed by atoms with Crippen molar-refractivity contribution >= 4 is 27.5 Å². The number of nitrogens with zero attached hydrogens (tertiary/aromatic N) is 3. The summed E-state index contributed by atoms with van der Waals surface area (Å²) in [5.41, 5.74) is 4.92. The molecule has 6 heteroatoms. The van der Waals surface area contributed by atoms with Gasteiger partial charge < -0.3 is 19.4 Å². The van der Waals surface area contributed by atoms with E-state index in [1.807, 2.05) is 18.3 Å². The van der Waals surface area contributed by atoms with Gasteiger partial charge in [0.25, 0.3) is 0 Å². The SMILES string of the molecule is COc1cc(N2CCN(C3CCC(c4c[nH]c5ccc(OC)cc45)CC3)CC2)c2ncccc2c1. The topological polar surface area (TPSA) is 53.6 Å². The maximum Gasteiger partial charge on any atom is 0.121 e. The number of methoxy groups -OCH3 is 2. The van der Waals surface area contributed by atoms with Crippen LogP contribution in [0.15, 0.2) is 54.9 Å². The smallest absolute Gasteiger partial charge is 0.121 e. The highest BCUT2D eigenvalue weighted by Gasteiger charge is 2.30. The zero-order valence-corrected chi connectivity index (χ0v) is 20.7. The molecule has 2 aromatic heterocycles. The molecule has 6 nitrogen and oxygen atoms in total.